The number of fused-ring (bicyclic) bond motifs is 1. The monoisotopic (exact) mass is 487 g/mol. The van der Waals surface area contributed by atoms with Gasteiger partial charge in [-0.25, -0.2) is 4.98 Å². The van der Waals surface area contributed by atoms with E-state index in [-0.39, 0.29) is 11.8 Å². The molecule has 1 aliphatic heterocycles. The third-order valence-electron chi connectivity index (χ3n) is 5.35. The maximum Gasteiger partial charge on any atom is 0.224 e. The molecule has 1 amide bonds. The number of ether oxygens (including phenoxy) is 1. The fourth-order valence-corrected chi connectivity index (χ4v) is 5.26. The number of carbonyl (C=O) groups is 1. The lowest BCUT2D eigenvalue weighted by atomic mass is 9.97. The molecule has 0 saturated carbocycles. The fourth-order valence-electron chi connectivity index (χ4n) is 3.80. The molecule has 5 nitrogen and oxygen atoms in total. The van der Waals surface area contributed by atoms with E-state index in [0.717, 1.165) is 57.9 Å². The molecule has 0 unspecified atom stereocenters. The molecule has 7 heteroatoms. The number of hydrogen-bond acceptors (Lipinski definition) is 5. The van der Waals surface area contributed by atoms with Gasteiger partial charge in [0.1, 0.15) is 5.75 Å². The summed E-state index contributed by atoms with van der Waals surface area (Å²) in [7, 11) is 0. The van der Waals surface area contributed by atoms with Crippen molar-refractivity contribution in [3.8, 4) is 5.75 Å². The van der Waals surface area contributed by atoms with Crippen molar-refractivity contribution in [2.24, 2.45) is 5.92 Å². The molecule has 1 aromatic heterocycles. The molecule has 3 aromatic rings. The lowest BCUT2D eigenvalue weighted by Gasteiger charge is -2.31. The predicted octanol–water partition coefficient (Wildman–Crippen LogP) is 5.03. The van der Waals surface area contributed by atoms with Crippen molar-refractivity contribution < 1.29 is 9.53 Å². The minimum Gasteiger partial charge on any atom is -0.493 e. The SMILES string of the molecule is CCOc1cc2sc(N3CCC[C@@H](C(=O)NCCc4ccccc4)C3)nc2cc1Br. The van der Waals surface area contributed by atoms with Gasteiger partial charge in [-0.1, -0.05) is 41.7 Å². The number of nitrogens with one attached hydrogen (secondary N) is 1. The molecule has 0 aliphatic carbocycles. The van der Waals surface area contributed by atoms with Gasteiger partial charge in [0.25, 0.3) is 0 Å². The standard InChI is InChI=1S/C23H26BrN3O2S/c1-2-29-20-14-21-19(13-18(20)24)26-23(30-21)27-12-6-9-17(15-27)22(28)25-11-10-16-7-4-3-5-8-16/h3-5,7-8,13-14,17H,2,6,9-12,15H2,1H3,(H,25,28)/t17-/m1/s1. The number of aromatic nitrogens is 1. The van der Waals surface area contributed by atoms with Gasteiger partial charge in [-0.05, 0) is 53.7 Å². The smallest absolute Gasteiger partial charge is 0.224 e. The average Bonchev–Trinajstić information content (AvgIpc) is 3.18. The van der Waals surface area contributed by atoms with Gasteiger partial charge in [0.2, 0.25) is 5.91 Å². The van der Waals surface area contributed by atoms with Crippen molar-refractivity contribution in [3.05, 3.63) is 52.5 Å². The van der Waals surface area contributed by atoms with Crippen molar-refractivity contribution in [3.63, 3.8) is 0 Å². The summed E-state index contributed by atoms with van der Waals surface area (Å²) in [6.45, 7) is 4.94. The summed E-state index contributed by atoms with van der Waals surface area (Å²) < 4.78 is 7.71. The summed E-state index contributed by atoms with van der Waals surface area (Å²) in [4.78, 5) is 19.8. The van der Waals surface area contributed by atoms with E-state index in [1.54, 1.807) is 11.3 Å². The van der Waals surface area contributed by atoms with Crippen LogP contribution in [0.15, 0.2) is 46.9 Å². The highest BCUT2D eigenvalue weighted by Crippen LogP contribution is 2.37. The van der Waals surface area contributed by atoms with E-state index in [2.05, 4.69) is 38.3 Å². The van der Waals surface area contributed by atoms with Crippen LogP contribution in [0.4, 0.5) is 5.13 Å². The van der Waals surface area contributed by atoms with Crippen molar-refractivity contribution >= 4 is 48.5 Å². The normalized spacial score (nSPS) is 16.6. The van der Waals surface area contributed by atoms with Gasteiger partial charge < -0.3 is 15.0 Å². The second-order valence-electron chi connectivity index (χ2n) is 7.49. The zero-order valence-electron chi connectivity index (χ0n) is 17.1. The van der Waals surface area contributed by atoms with Crippen LogP contribution < -0.4 is 15.0 Å². The van der Waals surface area contributed by atoms with Crippen LogP contribution >= 0.6 is 27.3 Å². The van der Waals surface area contributed by atoms with Crippen LogP contribution in [0.2, 0.25) is 0 Å². The van der Waals surface area contributed by atoms with E-state index in [0.29, 0.717) is 13.2 Å². The second kappa shape index (κ2) is 9.79. The molecular formula is C23H26BrN3O2S. The Labute approximate surface area is 189 Å². The highest BCUT2D eigenvalue weighted by atomic mass is 79.9. The molecule has 1 saturated heterocycles. The summed E-state index contributed by atoms with van der Waals surface area (Å²) in [5.74, 6) is 1.000. The Morgan fingerprint density at radius 1 is 1.33 bits per heavy atom. The number of benzene rings is 2. The van der Waals surface area contributed by atoms with Gasteiger partial charge in [0, 0.05) is 25.7 Å². The number of rotatable bonds is 7. The minimum absolute atomic E-state index is 0.00672. The molecular weight excluding hydrogens is 462 g/mol. The summed E-state index contributed by atoms with van der Waals surface area (Å²) in [5, 5.41) is 4.10. The van der Waals surface area contributed by atoms with Crippen LogP contribution in [0.25, 0.3) is 10.2 Å². The molecule has 2 aromatic carbocycles. The van der Waals surface area contributed by atoms with Crippen LogP contribution in [0.5, 0.6) is 5.75 Å². The third kappa shape index (κ3) is 4.95. The van der Waals surface area contributed by atoms with Crippen molar-refractivity contribution in [1.82, 2.24) is 10.3 Å². The maximum atomic E-state index is 12.7. The quantitative estimate of drug-likeness (QED) is 0.507. The zero-order valence-corrected chi connectivity index (χ0v) is 19.5. The van der Waals surface area contributed by atoms with Crippen LogP contribution in [0, 0.1) is 5.92 Å². The summed E-state index contributed by atoms with van der Waals surface area (Å²) >= 11 is 5.23. The van der Waals surface area contributed by atoms with Crippen LogP contribution in [-0.2, 0) is 11.2 Å². The van der Waals surface area contributed by atoms with E-state index in [1.165, 1.54) is 5.56 Å². The highest BCUT2D eigenvalue weighted by molar-refractivity contribution is 9.10. The van der Waals surface area contributed by atoms with Gasteiger partial charge in [-0.3, -0.25) is 4.79 Å². The lowest BCUT2D eigenvalue weighted by Crippen LogP contribution is -2.43. The number of piperidine rings is 1. The number of thiazole rings is 1. The average molecular weight is 488 g/mol. The van der Waals surface area contributed by atoms with Crippen molar-refractivity contribution in [1.29, 1.82) is 0 Å². The maximum absolute atomic E-state index is 12.7. The summed E-state index contributed by atoms with van der Waals surface area (Å²) in [6.07, 6.45) is 2.79. The van der Waals surface area contributed by atoms with E-state index < -0.39 is 0 Å². The molecule has 0 spiro atoms. The summed E-state index contributed by atoms with van der Waals surface area (Å²) in [6, 6.07) is 14.3. The first-order valence-electron chi connectivity index (χ1n) is 10.4. The molecule has 0 bridgehead atoms. The first-order valence-corrected chi connectivity index (χ1v) is 12.0. The van der Waals surface area contributed by atoms with Gasteiger partial charge in [-0.2, -0.15) is 0 Å². The topological polar surface area (TPSA) is 54.5 Å². The third-order valence-corrected chi connectivity index (χ3v) is 7.05. The Hall–Kier alpha value is -2.12. The Bertz CT molecular complexity index is 1010. The Morgan fingerprint density at radius 2 is 2.17 bits per heavy atom. The molecule has 158 valence electrons. The number of halogens is 1. The fraction of sp³-hybridized carbons (Fsp3) is 0.391. The molecule has 30 heavy (non-hydrogen) atoms. The van der Waals surface area contributed by atoms with Gasteiger partial charge >= 0.3 is 0 Å². The van der Waals surface area contributed by atoms with Gasteiger partial charge in [-0.15, -0.1) is 0 Å². The zero-order chi connectivity index (χ0) is 20.9. The second-order valence-corrected chi connectivity index (χ2v) is 9.36. The molecule has 1 N–H and O–H groups in total. The minimum atomic E-state index is 0.00672. The van der Waals surface area contributed by atoms with Gasteiger partial charge in [0.15, 0.2) is 5.13 Å². The van der Waals surface area contributed by atoms with Crippen LogP contribution in [0.1, 0.15) is 25.3 Å². The molecule has 1 fully saturated rings. The van der Waals surface area contributed by atoms with Crippen molar-refractivity contribution in [2.75, 3.05) is 31.1 Å². The lowest BCUT2D eigenvalue weighted by molar-refractivity contribution is -0.125. The van der Waals surface area contributed by atoms with Crippen LogP contribution in [-0.4, -0.2) is 37.1 Å². The van der Waals surface area contributed by atoms with E-state index >= 15 is 0 Å². The number of hydrogen-bond donors (Lipinski definition) is 1. The molecule has 1 aliphatic rings. The van der Waals surface area contributed by atoms with Gasteiger partial charge in [0.05, 0.1) is 27.2 Å². The number of anilines is 1. The van der Waals surface area contributed by atoms with E-state index in [1.807, 2.05) is 37.3 Å². The first kappa shape index (κ1) is 21.1. The largest absolute Gasteiger partial charge is 0.493 e. The molecule has 0 radical (unpaired) electrons. The first-order chi connectivity index (χ1) is 14.6. The highest BCUT2D eigenvalue weighted by Gasteiger charge is 2.27. The Balaban J connectivity index is 1.39. The Morgan fingerprint density at radius 3 is 2.97 bits per heavy atom. The molecule has 4 rings (SSSR count). The summed E-state index contributed by atoms with van der Waals surface area (Å²) in [5.41, 5.74) is 2.20. The van der Waals surface area contributed by atoms with Crippen molar-refractivity contribution in [2.45, 2.75) is 26.2 Å². The molecule has 2 heterocycles. The van der Waals surface area contributed by atoms with E-state index in [9.17, 15) is 4.79 Å². The van der Waals surface area contributed by atoms with E-state index in [4.69, 9.17) is 9.72 Å². The predicted molar refractivity (Wildman–Crippen MR) is 127 cm³/mol. The molecule has 1 atom stereocenters. The number of nitrogens with zero attached hydrogens (tertiary/aromatic N) is 2. The number of carbonyl (C=O) groups excluding carboxylic acids is 1. The Kier molecular flexibility index (Phi) is 6.89. The number of amides is 1. The van der Waals surface area contributed by atoms with Crippen LogP contribution in [0.3, 0.4) is 0 Å².